The molecule has 0 saturated heterocycles. The molecule has 3 rings (SSSR count). The number of amides is 1. The fraction of sp³-hybridized carbons (Fsp3) is 0.250. The van der Waals surface area contributed by atoms with Crippen molar-refractivity contribution in [3.8, 4) is 5.69 Å². The Labute approximate surface area is 163 Å². The molecule has 0 spiro atoms. The number of carbonyl (C=O) groups is 1. The molecule has 3 aromatic rings. The van der Waals surface area contributed by atoms with Gasteiger partial charge in [-0.2, -0.15) is 0 Å². The van der Waals surface area contributed by atoms with Crippen LogP contribution >= 0.6 is 11.8 Å². The second-order valence-corrected chi connectivity index (χ2v) is 7.45. The highest BCUT2D eigenvalue weighted by atomic mass is 32.2. The maximum atomic E-state index is 12.3. The summed E-state index contributed by atoms with van der Waals surface area (Å²) < 4.78 is 2.02. The number of rotatable bonds is 6. The molecule has 140 valence electrons. The summed E-state index contributed by atoms with van der Waals surface area (Å²) in [5.41, 5.74) is 4.12. The molecule has 2 aromatic heterocycles. The number of nitrogens with zero attached hydrogens (tertiary/aromatic N) is 4. The predicted octanol–water partition coefficient (Wildman–Crippen LogP) is 3.68. The van der Waals surface area contributed by atoms with E-state index in [1.165, 1.54) is 17.3 Å². The zero-order chi connectivity index (χ0) is 19.4. The molecule has 0 saturated carbocycles. The molecule has 0 radical (unpaired) electrons. The van der Waals surface area contributed by atoms with Gasteiger partial charge in [0, 0.05) is 26.5 Å². The number of hydrogen-bond donors (Lipinski definition) is 1. The SMILES string of the molecule is Cc1ccc(C)c(-n2ccnc2SCC(=O)Nc2ccc(N(C)C)nc2)c1. The van der Waals surface area contributed by atoms with Gasteiger partial charge < -0.3 is 10.2 Å². The molecule has 0 aliphatic heterocycles. The molecule has 0 atom stereocenters. The lowest BCUT2D eigenvalue weighted by Gasteiger charge is -2.12. The minimum atomic E-state index is -0.0880. The molecule has 0 unspecified atom stereocenters. The zero-order valence-electron chi connectivity index (χ0n) is 15.9. The monoisotopic (exact) mass is 381 g/mol. The Morgan fingerprint density at radius 3 is 2.70 bits per heavy atom. The summed E-state index contributed by atoms with van der Waals surface area (Å²) in [5, 5.41) is 3.66. The fourth-order valence-corrected chi connectivity index (χ4v) is 3.38. The number of imidazole rings is 1. The highest BCUT2D eigenvalue weighted by Crippen LogP contribution is 2.24. The van der Waals surface area contributed by atoms with Crippen LogP contribution in [0.2, 0.25) is 0 Å². The van der Waals surface area contributed by atoms with Gasteiger partial charge in [0.2, 0.25) is 5.91 Å². The van der Waals surface area contributed by atoms with Crippen LogP contribution in [0.1, 0.15) is 11.1 Å². The van der Waals surface area contributed by atoms with Gasteiger partial charge in [-0.05, 0) is 43.2 Å². The van der Waals surface area contributed by atoms with Crippen LogP contribution in [-0.2, 0) is 4.79 Å². The van der Waals surface area contributed by atoms with Crippen LogP contribution < -0.4 is 10.2 Å². The first-order chi connectivity index (χ1) is 12.9. The first-order valence-electron chi connectivity index (χ1n) is 8.61. The molecule has 7 heteroatoms. The summed E-state index contributed by atoms with van der Waals surface area (Å²) in [7, 11) is 3.85. The van der Waals surface area contributed by atoms with Gasteiger partial charge in [-0.1, -0.05) is 23.9 Å². The fourth-order valence-electron chi connectivity index (χ4n) is 2.61. The molecule has 27 heavy (non-hydrogen) atoms. The number of hydrogen-bond acceptors (Lipinski definition) is 5. The van der Waals surface area contributed by atoms with Gasteiger partial charge in [0.15, 0.2) is 5.16 Å². The molecule has 0 aliphatic carbocycles. The number of carbonyl (C=O) groups excluding carboxylic acids is 1. The predicted molar refractivity (Wildman–Crippen MR) is 111 cm³/mol. The summed E-state index contributed by atoms with van der Waals surface area (Å²) in [6, 6.07) is 10.0. The minimum Gasteiger partial charge on any atom is -0.363 e. The summed E-state index contributed by atoms with van der Waals surface area (Å²) in [5.74, 6) is 1.03. The van der Waals surface area contributed by atoms with E-state index >= 15 is 0 Å². The number of aromatic nitrogens is 3. The summed E-state index contributed by atoms with van der Waals surface area (Å²) in [4.78, 5) is 22.9. The van der Waals surface area contributed by atoms with E-state index in [1.807, 2.05) is 41.9 Å². The lowest BCUT2D eigenvalue weighted by Crippen LogP contribution is -2.15. The van der Waals surface area contributed by atoms with E-state index in [0.717, 1.165) is 22.2 Å². The smallest absolute Gasteiger partial charge is 0.234 e. The normalized spacial score (nSPS) is 10.7. The number of pyridine rings is 1. The summed E-state index contributed by atoms with van der Waals surface area (Å²) in [6.07, 6.45) is 5.34. The van der Waals surface area contributed by atoms with Crippen LogP contribution in [0, 0.1) is 13.8 Å². The van der Waals surface area contributed by atoms with Crippen LogP contribution in [0.15, 0.2) is 54.1 Å². The molecule has 0 fully saturated rings. The van der Waals surface area contributed by atoms with Crippen LogP contribution in [0.4, 0.5) is 11.5 Å². The average molecular weight is 382 g/mol. The summed E-state index contributed by atoms with van der Waals surface area (Å²) >= 11 is 1.41. The topological polar surface area (TPSA) is 63.1 Å². The van der Waals surface area contributed by atoms with Gasteiger partial charge in [-0.3, -0.25) is 9.36 Å². The zero-order valence-corrected chi connectivity index (χ0v) is 16.7. The molecule has 1 aromatic carbocycles. The second-order valence-electron chi connectivity index (χ2n) is 6.51. The molecular formula is C20H23N5OS. The largest absolute Gasteiger partial charge is 0.363 e. The van der Waals surface area contributed by atoms with E-state index < -0.39 is 0 Å². The molecule has 0 bridgehead atoms. The first-order valence-corrected chi connectivity index (χ1v) is 9.59. The highest BCUT2D eigenvalue weighted by Gasteiger charge is 2.11. The molecule has 1 amide bonds. The van der Waals surface area contributed by atoms with E-state index in [1.54, 1.807) is 12.4 Å². The van der Waals surface area contributed by atoms with Crippen LogP contribution in [0.5, 0.6) is 0 Å². The Bertz CT molecular complexity index is 934. The van der Waals surface area contributed by atoms with E-state index in [2.05, 4.69) is 47.3 Å². The van der Waals surface area contributed by atoms with Crippen molar-refractivity contribution in [1.82, 2.24) is 14.5 Å². The van der Waals surface area contributed by atoms with Crippen molar-refractivity contribution < 1.29 is 4.79 Å². The quantitative estimate of drug-likeness (QED) is 0.660. The number of nitrogens with one attached hydrogen (secondary N) is 1. The number of anilines is 2. The van der Waals surface area contributed by atoms with E-state index in [0.29, 0.717) is 5.69 Å². The number of thioether (sulfide) groups is 1. The standard InChI is InChI=1S/C20H23N5OS/c1-14-5-6-15(2)17(11-14)25-10-9-21-20(25)27-13-19(26)23-16-7-8-18(22-12-16)24(3)4/h5-12H,13H2,1-4H3,(H,23,26). The average Bonchev–Trinajstić information content (AvgIpc) is 3.11. The Hall–Kier alpha value is -2.80. The van der Waals surface area contributed by atoms with Crippen LogP contribution in [0.3, 0.4) is 0 Å². The minimum absolute atomic E-state index is 0.0880. The van der Waals surface area contributed by atoms with Gasteiger partial charge in [-0.15, -0.1) is 0 Å². The van der Waals surface area contributed by atoms with Crippen molar-refractivity contribution in [1.29, 1.82) is 0 Å². The first kappa shape index (κ1) is 19.0. The van der Waals surface area contributed by atoms with Crippen molar-refractivity contribution in [3.05, 3.63) is 60.0 Å². The van der Waals surface area contributed by atoms with Crippen molar-refractivity contribution in [2.24, 2.45) is 0 Å². The van der Waals surface area contributed by atoms with Crippen LogP contribution in [0.25, 0.3) is 5.69 Å². The third kappa shape index (κ3) is 4.68. The van der Waals surface area contributed by atoms with Gasteiger partial charge in [0.1, 0.15) is 5.82 Å². The Morgan fingerprint density at radius 1 is 1.19 bits per heavy atom. The molecule has 1 N–H and O–H groups in total. The Balaban J connectivity index is 1.65. The van der Waals surface area contributed by atoms with Crippen molar-refractivity contribution in [2.45, 2.75) is 19.0 Å². The maximum absolute atomic E-state index is 12.3. The number of benzene rings is 1. The van der Waals surface area contributed by atoms with Gasteiger partial charge in [-0.25, -0.2) is 9.97 Å². The third-order valence-corrected chi connectivity index (χ3v) is 5.02. The second kappa shape index (κ2) is 8.26. The maximum Gasteiger partial charge on any atom is 0.234 e. The highest BCUT2D eigenvalue weighted by molar-refractivity contribution is 7.99. The molecule has 0 aliphatic rings. The number of aryl methyl sites for hydroxylation is 2. The molecule has 6 nitrogen and oxygen atoms in total. The molecular weight excluding hydrogens is 358 g/mol. The van der Waals surface area contributed by atoms with E-state index in [9.17, 15) is 4.79 Å². The van der Waals surface area contributed by atoms with Gasteiger partial charge >= 0.3 is 0 Å². The Kier molecular flexibility index (Phi) is 5.81. The lowest BCUT2D eigenvalue weighted by molar-refractivity contribution is -0.113. The van der Waals surface area contributed by atoms with Gasteiger partial charge in [0.25, 0.3) is 0 Å². The van der Waals surface area contributed by atoms with Crippen molar-refractivity contribution in [3.63, 3.8) is 0 Å². The summed E-state index contributed by atoms with van der Waals surface area (Å²) in [6.45, 7) is 4.13. The van der Waals surface area contributed by atoms with Crippen molar-refractivity contribution >= 4 is 29.2 Å². The lowest BCUT2D eigenvalue weighted by atomic mass is 10.1. The van der Waals surface area contributed by atoms with Gasteiger partial charge in [0.05, 0.1) is 23.3 Å². The van der Waals surface area contributed by atoms with E-state index in [4.69, 9.17) is 0 Å². The van der Waals surface area contributed by atoms with E-state index in [-0.39, 0.29) is 11.7 Å². The Morgan fingerprint density at radius 2 is 2.00 bits per heavy atom. The van der Waals surface area contributed by atoms with Crippen molar-refractivity contribution in [2.75, 3.05) is 30.1 Å². The molecule has 2 heterocycles. The third-order valence-electron chi connectivity index (χ3n) is 4.05. The van der Waals surface area contributed by atoms with Crippen LogP contribution in [-0.4, -0.2) is 40.3 Å².